The zero-order valence-corrected chi connectivity index (χ0v) is 11.2. The summed E-state index contributed by atoms with van der Waals surface area (Å²) in [5.41, 5.74) is 2.39. The minimum Gasteiger partial charge on any atom is -0.483 e. The Balaban J connectivity index is 1.93. The van der Waals surface area contributed by atoms with Crippen molar-refractivity contribution in [1.29, 1.82) is 0 Å². The Morgan fingerprint density at radius 1 is 1.25 bits per heavy atom. The maximum Gasteiger partial charge on any atom is 0.262 e. The number of aryl methyl sites for hydroxylation is 1. The van der Waals surface area contributed by atoms with Crippen molar-refractivity contribution >= 4 is 11.6 Å². The van der Waals surface area contributed by atoms with E-state index < -0.39 is 0 Å². The van der Waals surface area contributed by atoms with Gasteiger partial charge in [-0.3, -0.25) is 4.79 Å². The summed E-state index contributed by atoms with van der Waals surface area (Å²) in [6.07, 6.45) is 5.31. The zero-order chi connectivity index (χ0) is 14.4. The largest absolute Gasteiger partial charge is 0.483 e. The standard InChI is InChI=1S/C17H15NO2/c1-3-14-8-6-9-15(11-14)18-17(19)12-20-16-10-5-4-7-13(16)2/h1,4-11H,12H2,2H3,(H,18,19). The molecule has 2 aromatic carbocycles. The predicted molar refractivity (Wildman–Crippen MR) is 79.7 cm³/mol. The van der Waals surface area contributed by atoms with Crippen molar-refractivity contribution in [2.75, 3.05) is 11.9 Å². The molecule has 0 saturated heterocycles. The molecule has 3 heteroatoms. The average Bonchev–Trinajstić information content (AvgIpc) is 2.46. The van der Waals surface area contributed by atoms with Gasteiger partial charge in [-0.1, -0.05) is 30.2 Å². The molecular weight excluding hydrogens is 250 g/mol. The molecule has 1 N–H and O–H groups in total. The Morgan fingerprint density at radius 3 is 2.80 bits per heavy atom. The van der Waals surface area contributed by atoms with Crippen molar-refractivity contribution in [2.24, 2.45) is 0 Å². The number of hydrogen-bond acceptors (Lipinski definition) is 2. The number of anilines is 1. The van der Waals surface area contributed by atoms with Crippen LogP contribution in [0.5, 0.6) is 5.75 Å². The number of benzene rings is 2. The van der Waals surface area contributed by atoms with Gasteiger partial charge in [0.25, 0.3) is 5.91 Å². The molecule has 0 radical (unpaired) electrons. The fourth-order valence-corrected chi connectivity index (χ4v) is 1.75. The Bertz CT molecular complexity index is 656. The molecule has 0 saturated carbocycles. The summed E-state index contributed by atoms with van der Waals surface area (Å²) in [5.74, 6) is 3.01. The van der Waals surface area contributed by atoms with Gasteiger partial charge in [0, 0.05) is 11.3 Å². The van der Waals surface area contributed by atoms with Crippen LogP contribution in [0, 0.1) is 19.3 Å². The molecule has 0 aliphatic heterocycles. The van der Waals surface area contributed by atoms with E-state index in [4.69, 9.17) is 11.2 Å². The van der Waals surface area contributed by atoms with Gasteiger partial charge < -0.3 is 10.1 Å². The van der Waals surface area contributed by atoms with Gasteiger partial charge in [0.2, 0.25) is 0 Å². The molecule has 20 heavy (non-hydrogen) atoms. The number of ether oxygens (including phenoxy) is 1. The SMILES string of the molecule is C#Cc1cccc(NC(=O)COc2ccccc2C)c1. The van der Waals surface area contributed by atoms with Gasteiger partial charge in [0.15, 0.2) is 6.61 Å². The summed E-state index contributed by atoms with van der Waals surface area (Å²) >= 11 is 0. The highest BCUT2D eigenvalue weighted by atomic mass is 16.5. The van der Waals surface area contributed by atoms with Gasteiger partial charge in [-0.15, -0.1) is 6.42 Å². The van der Waals surface area contributed by atoms with Crippen LogP contribution in [0.1, 0.15) is 11.1 Å². The first-order chi connectivity index (χ1) is 9.69. The van der Waals surface area contributed by atoms with Crippen LogP contribution in [0.15, 0.2) is 48.5 Å². The number of rotatable bonds is 4. The van der Waals surface area contributed by atoms with Crippen LogP contribution in [0.3, 0.4) is 0 Å². The van der Waals surface area contributed by atoms with Crippen LogP contribution in [-0.4, -0.2) is 12.5 Å². The second-order valence-electron chi connectivity index (χ2n) is 4.33. The van der Waals surface area contributed by atoms with Crippen LogP contribution in [0.25, 0.3) is 0 Å². The summed E-state index contributed by atoms with van der Waals surface area (Å²) in [6, 6.07) is 14.7. The lowest BCUT2D eigenvalue weighted by molar-refractivity contribution is -0.118. The molecule has 0 aliphatic rings. The van der Waals surface area contributed by atoms with Crippen molar-refractivity contribution < 1.29 is 9.53 Å². The first-order valence-electron chi connectivity index (χ1n) is 6.24. The fourth-order valence-electron chi connectivity index (χ4n) is 1.75. The van der Waals surface area contributed by atoms with Crippen LogP contribution in [0.4, 0.5) is 5.69 Å². The third-order valence-corrected chi connectivity index (χ3v) is 2.77. The quantitative estimate of drug-likeness (QED) is 0.863. The van der Waals surface area contributed by atoms with E-state index in [0.717, 1.165) is 11.1 Å². The number of carbonyl (C=O) groups is 1. The average molecular weight is 265 g/mol. The van der Waals surface area contributed by atoms with E-state index in [-0.39, 0.29) is 12.5 Å². The van der Waals surface area contributed by atoms with E-state index in [1.165, 1.54) is 0 Å². The highest BCUT2D eigenvalue weighted by Gasteiger charge is 2.05. The summed E-state index contributed by atoms with van der Waals surface area (Å²) in [7, 11) is 0. The lowest BCUT2D eigenvalue weighted by Crippen LogP contribution is -2.20. The van der Waals surface area contributed by atoms with Gasteiger partial charge in [0.1, 0.15) is 5.75 Å². The van der Waals surface area contributed by atoms with E-state index in [0.29, 0.717) is 11.4 Å². The van der Waals surface area contributed by atoms with Crippen molar-refractivity contribution in [3.8, 4) is 18.1 Å². The minimum absolute atomic E-state index is 0.0366. The third-order valence-electron chi connectivity index (χ3n) is 2.77. The normalized spacial score (nSPS) is 9.60. The maximum atomic E-state index is 11.8. The van der Waals surface area contributed by atoms with Crippen molar-refractivity contribution in [3.63, 3.8) is 0 Å². The van der Waals surface area contributed by atoms with Crippen molar-refractivity contribution in [3.05, 3.63) is 59.7 Å². The maximum absolute atomic E-state index is 11.8. The van der Waals surface area contributed by atoms with E-state index >= 15 is 0 Å². The van der Waals surface area contributed by atoms with E-state index in [1.54, 1.807) is 24.3 Å². The second kappa shape index (κ2) is 6.44. The van der Waals surface area contributed by atoms with E-state index in [1.807, 2.05) is 31.2 Å². The Labute approximate surface area is 118 Å². The smallest absolute Gasteiger partial charge is 0.262 e. The highest BCUT2D eigenvalue weighted by molar-refractivity contribution is 5.92. The first-order valence-corrected chi connectivity index (χ1v) is 6.24. The molecular formula is C17H15NO2. The summed E-state index contributed by atoms with van der Waals surface area (Å²) in [6.45, 7) is 1.90. The number of terminal acetylenes is 1. The van der Waals surface area contributed by atoms with Gasteiger partial charge in [0.05, 0.1) is 0 Å². The summed E-state index contributed by atoms with van der Waals surface area (Å²) in [4.78, 5) is 11.8. The lowest BCUT2D eigenvalue weighted by atomic mass is 10.2. The predicted octanol–water partition coefficient (Wildman–Crippen LogP) is 2.99. The van der Waals surface area contributed by atoms with Gasteiger partial charge in [-0.25, -0.2) is 0 Å². The molecule has 0 aromatic heterocycles. The molecule has 0 aliphatic carbocycles. The lowest BCUT2D eigenvalue weighted by Gasteiger charge is -2.09. The Morgan fingerprint density at radius 2 is 2.05 bits per heavy atom. The van der Waals surface area contributed by atoms with Gasteiger partial charge in [-0.2, -0.15) is 0 Å². The summed E-state index contributed by atoms with van der Waals surface area (Å²) < 4.78 is 5.47. The van der Waals surface area contributed by atoms with Gasteiger partial charge in [-0.05, 0) is 36.8 Å². The Kier molecular flexibility index (Phi) is 4.41. The topological polar surface area (TPSA) is 38.3 Å². The number of hydrogen-bond donors (Lipinski definition) is 1. The molecule has 0 unspecified atom stereocenters. The van der Waals surface area contributed by atoms with Crippen LogP contribution in [0.2, 0.25) is 0 Å². The number of para-hydroxylation sites is 1. The summed E-state index contributed by atoms with van der Waals surface area (Å²) in [5, 5.41) is 2.75. The molecule has 0 atom stereocenters. The molecule has 2 aromatic rings. The van der Waals surface area contributed by atoms with Gasteiger partial charge >= 0.3 is 0 Å². The first kappa shape index (κ1) is 13.7. The van der Waals surface area contributed by atoms with Crippen LogP contribution >= 0.6 is 0 Å². The second-order valence-corrected chi connectivity index (χ2v) is 4.33. The van der Waals surface area contributed by atoms with Crippen molar-refractivity contribution in [2.45, 2.75) is 6.92 Å². The minimum atomic E-state index is -0.220. The monoisotopic (exact) mass is 265 g/mol. The third kappa shape index (κ3) is 3.63. The zero-order valence-electron chi connectivity index (χ0n) is 11.2. The van der Waals surface area contributed by atoms with E-state index in [2.05, 4.69) is 11.2 Å². The van der Waals surface area contributed by atoms with Crippen LogP contribution in [-0.2, 0) is 4.79 Å². The molecule has 0 bridgehead atoms. The van der Waals surface area contributed by atoms with Crippen molar-refractivity contribution in [1.82, 2.24) is 0 Å². The van der Waals surface area contributed by atoms with Crippen LogP contribution < -0.4 is 10.1 Å². The molecule has 0 fully saturated rings. The molecule has 0 spiro atoms. The molecule has 1 amide bonds. The molecule has 3 nitrogen and oxygen atoms in total. The number of nitrogens with one attached hydrogen (secondary N) is 1. The number of carbonyl (C=O) groups excluding carboxylic acids is 1. The molecule has 2 rings (SSSR count). The molecule has 0 heterocycles. The number of amides is 1. The molecule has 100 valence electrons. The Hall–Kier alpha value is -2.73. The highest BCUT2D eigenvalue weighted by Crippen LogP contribution is 2.16. The van der Waals surface area contributed by atoms with E-state index in [9.17, 15) is 4.79 Å². The fraction of sp³-hybridized carbons (Fsp3) is 0.118.